The van der Waals surface area contributed by atoms with Gasteiger partial charge in [-0.1, -0.05) is 13.8 Å². The lowest BCUT2D eigenvalue weighted by molar-refractivity contribution is 0.0942. The van der Waals surface area contributed by atoms with E-state index in [0.29, 0.717) is 12.5 Å². The summed E-state index contributed by atoms with van der Waals surface area (Å²) in [5.74, 6) is 0.302. The maximum absolute atomic E-state index is 11.9. The van der Waals surface area contributed by atoms with Crippen LogP contribution in [-0.4, -0.2) is 28.7 Å². The Balaban J connectivity index is 2.34. The molecule has 0 aliphatic rings. The third-order valence-electron chi connectivity index (χ3n) is 3.00. The molecule has 1 atom stereocenters. The van der Waals surface area contributed by atoms with Crippen LogP contribution < -0.4 is 5.32 Å². The fraction of sp³-hybridized carbons (Fsp3) is 0.643. The molecule has 1 rings (SSSR count). The summed E-state index contributed by atoms with van der Waals surface area (Å²) in [6.07, 6.45) is 4.80. The molecule has 4 nitrogen and oxygen atoms in total. The Hall–Kier alpha value is -1.29. The first-order chi connectivity index (χ1) is 8.69. The van der Waals surface area contributed by atoms with Crippen molar-refractivity contribution in [2.75, 3.05) is 13.2 Å². The first kappa shape index (κ1) is 14.8. The molecular weight excluding hydrogens is 228 g/mol. The van der Waals surface area contributed by atoms with Gasteiger partial charge >= 0.3 is 0 Å². The lowest BCUT2D eigenvalue weighted by Crippen LogP contribution is -2.27. The fourth-order valence-corrected chi connectivity index (χ4v) is 1.89. The Morgan fingerprint density at radius 3 is 3.00 bits per heavy atom. The normalized spacial score (nSPS) is 12.4. The quantitative estimate of drug-likeness (QED) is 0.696. The number of aromatic nitrogens is 1. The molecule has 102 valence electrons. The fourth-order valence-electron chi connectivity index (χ4n) is 1.89. The van der Waals surface area contributed by atoms with Crippen LogP contribution in [0.4, 0.5) is 0 Å². The van der Waals surface area contributed by atoms with E-state index in [2.05, 4.69) is 12.2 Å². The highest BCUT2D eigenvalue weighted by Crippen LogP contribution is 2.05. The molecule has 0 radical (unpaired) electrons. The van der Waals surface area contributed by atoms with Crippen LogP contribution >= 0.6 is 0 Å². The minimum Gasteiger partial charge on any atom is -0.396 e. The monoisotopic (exact) mass is 252 g/mol. The van der Waals surface area contributed by atoms with E-state index in [0.717, 1.165) is 31.5 Å². The van der Waals surface area contributed by atoms with Crippen LogP contribution in [0.1, 0.15) is 43.6 Å². The summed E-state index contributed by atoms with van der Waals surface area (Å²) in [7, 11) is 0. The Morgan fingerprint density at radius 2 is 2.33 bits per heavy atom. The zero-order valence-corrected chi connectivity index (χ0v) is 11.4. The van der Waals surface area contributed by atoms with Gasteiger partial charge in [-0.15, -0.1) is 0 Å². The largest absolute Gasteiger partial charge is 0.396 e. The molecule has 1 heterocycles. The van der Waals surface area contributed by atoms with Crippen molar-refractivity contribution in [2.45, 2.75) is 39.7 Å². The van der Waals surface area contributed by atoms with Crippen LogP contribution in [0.5, 0.6) is 0 Å². The third-order valence-corrected chi connectivity index (χ3v) is 3.00. The Bertz CT molecular complexity index is 360. The molecule has 0 aliphatic carbocycles. The Kier molecular flexibility index (Phi) is 6.50. The minimum absolute atomic E-state index is 0.00917. The molecule has 1 aromatic heterocycles. The van der Waals surface area contributed by atoms with E-state index < -0.39 is 0 Å². The van der Waals surface area contributed by atoms with Crippen LogP contribution in [0.3, 0.4) is 0 Å². The molecular formula is C14H24N2O2. The molecule has 0 aromatic carbocycles. The van der Waals surface area contributed by atoms with Gasteiger partial charge in [0.1, 0.15) is 5.69 Å². The third kappa shape index (κ3) is 4.53. The van der Waals surface area contributed by atoms with E-state index in [1.54, 1.807) is 0 Å². The van der Waals surface area contributed by atoms with E-state index in [1.807, 2.05) is 29.8 Å². The van der Waals surface area contributed by atoms with Crippen molar-refractivity contribution in [3.8, 4) is 0 Å². The Labute approximate surface area is 109 Å². The molecule has 0 saturated heterocycles. The highest BCUT2D eigenvalue weighted by Gasteiger charge is 2.09. The zero-order valence-electron chi connectivity index (χ0n) is 11.4. The van der Waals surface area contributed by atoms with E-state index in [-0.39, 0.29) is 12.5 Å². The summed E-state index contributed by atoms with van der Waals surface area (Å²) in [5.41, 5.74) is 0.729. The van der Waals surface area contributed by atoms with Gasteiger partial charge in [0.05, 0.1) is 0 Å². The van der Waals surface area contributed by atoms with Gasteiger partial charge in [-0.3, -0.25) is 4.79 Å². The number of amides is 1. The SMILES string of the molecule is CCCn1cccc1C(=O)NCCCC(C)CO. The number of carbonyl (C=O) groups is 1. The van der Waals surface area contributed by atoms with Crippen molar-refractivity contribution in [2.24, 2.45) is 5.92 Å². The van der Waals surface area contributed by atoms with E-state index in [1.165, 1.54) is 0 Å². The molecule has 2 N–H and O–H groups in total. The smallest absolute Gasteiger partial charge is 0.267 e. The number of rotatable bonds is 8. The topological polar surface area (TPSA) is 54.3 Å². The second kappa shape index (κ2) is 7.93. The number of aryl methyl sites for hydroxylation is 1. The molecule has 4 heteroatoms. The highest BCUT2D eigenvalue weighted by atomic mass is 16.3. The van der Waals surface area contributed by atoms with E-state index in [4.69, 9.17) is 5.11 Å². The van der Waals surface area contributed by atoms with Crippen LogP contribution in [0.25, 0.3) is 0 Å². The zero-order chi connectivity index (χ0) is 13.4. The minimum atomic E-state index is -0.00917. The predicted octanol–water partition coefficient (Wildman–Crippen LogP) is 2.04. The van der Waals surface area contributed by atoms with Crippen molar-refractivity contribution in [3.05, 3.63) is 24.0 Å². The number of hydrogen-bond acceptors (Lipinski definition) is 2. The first-order valence-electron chi connectivity index (χ1n) is 6.73. The summed E-state index contributed by atoms with van der Waals surface area (Å²) in [4.78, 5) is 11.9. The van der Waals surface area contributed by atoms with E-state index >= 15 is 0 Å². The van der Waals surface area contributed by atoms with Gasteiger partial charge in [-0.25, -0.2) is 0 Å². The molecule has 0 spiro atoms. The van der Waals surface area contributed by atoms with Crippen molar-refractivity contribution < 1.29 is 9.90 Å². The molecule has 1 unspecified atom stereocenters. The summed E-state index contributed by atoms with van der Waals surface area (Å²) < 4.78 is 1.98. The van der Waals surface area contributed by atoms with E-state index in [9.17, 15) is 4.79 Å². The molecule has 0 fully saturated rings. The molecule has 1 aromatic rings. The molecule has 18 heavy (non-hydrogen) atoms. The van der Waals surface area contributed by atoms with Gasteiger partial charge in [0.2, 0.25) is 0 Å². The summed E-state index contributed by atoms with van der Waals surface area (Å²) in [6.45, 7) is 5.86. The number of hydrogen-bond donors (Lipinski definition) is 2. The van der Waals surface area contributed by atoms with Crippen molar-refractivity contribution in [1.82, 2.24) is 9.88 Å². The lowest BCUT2D eigenvalue weighted by atomic mass is 10.1. The van der Waals surface area contributed by atoms with Gasteiger partial charge in [0.25, 0.3) is 5.91 Å². The molecule has 0 aliphatic heterocycles. The number of nitrogens with one attached hydrogen (secondary N) is 1. The van der Waals surface area contributed by atoms with Crippen LogP contribution in [-0.2, 0) is 6.54 Å². The van der Waals surface area contributed by atoms with Gasteiger partial charge in [0, 0.05) is 25.9 Å². The Morgan fingerprint density at radius 1 is 1.56 bits per heavy atom. The summed E-state index contributed by atoms with van der Waals surface area (Å²) in [6, 6.07) is 3.75. The van der Waals surface area contributed by atoms with Crippen LogP contribution in [0.2, 0.25) is 0 Å². The second-order valence-electron chi connectivity index (χ2n) is 4.77. The van der Waals surface area contributed by atoms with Gasteiger partial charge in [-0.05, 0) is 37.3 Å². The molecule has 0 bridgehead atoms. The maximum atomic E-state index is 11.9. The number of carbonyl (C=O) groups excluding carboxylic acids is 1. The number of aliphatic hydroxyl groups is 1. The average molecular weight is 252 g/mol. The highest BCUT2D eigenvalue weighted by molar-refractivity contribution is 5.92. The van der Waals surface area contributed by atoms with Crippen molar-refractivity contribution in [1.29, 1.82) is 0 Å². The van der Waals surface area contributed by atoms with Crippen molar-refractivity contribution >= 4 is 5.91 Å². The average Bonchev–Trinajstić information content (AvgIpc) is 2.82. The second-order valence-corrected chi connectivity index (χ2v) is 4.77. The number of aliphatic hydroxyl groups excluding tert-OH is 1. The molecule has 0 saturated carbocycles. The van der Waals surface area contributed by atoms with Gasteiger partial charge < -0.3 is 15.0 Å². The maximum Gasteiger partial charge on any atom is 0.267 e. The number of nitrogens with zero attached hydrogens (tertiary/aromatic N) is 1. The van der Waals surface area contributed by atoms with Crippen molar-refractivity contribution in [3.63, 3.8) is 0 Å². The summed E-state index contributed by atoms with van der Waals surface area (Å²) >= 11 is 0. The van der Waals surface area contributed by atoms with Crippen LogP contribution in [0, 0.1) is 5.92 Å². The molecule has 1 amide bonds. The lowest BCUT2D eigenvalue weighted by Gasteiger charge is -2.10. The first-order valence-corrected chi connectivity index (χ1v) is 6.73. The standard InChI is InChI=1S/C14H24N2O2/c1-3-9-16-10-5-7-13(16)14(18)15-8-4-6-12(2)11-17/h5,7,10,12,17H,3-4,6,8-9,11H2,1-2H3,(H,15,18). The van der Waals surface area contributed by atoms with Gasteiger partial charge in [0.15, 0.2) is 0 Å². The predicted molar refractivity (Wildman–Crippen MR) is 72.5 cm³/mol. The van der Waals surface area contributed by atoms with Crippen LogP contribution in [0.15, 0.2) is 18.3 Å². The summed E-state index contributed by atoms with van der Waals surface area (Å²) in [5, 5.41) is 11.8. The van der Waals surface area contributed by atoms with Gasteiger partial charge in [-0.2, -0.15) is 0 Å².